The second-order valence-electron chi connectivity index (χ2n) is 4.58. The summed E-state index contributed by atoms with van der Waals surface area (Å²) >= 11 is 6.22. The van der Waals surface area contributed by atoms with Crippen LogP contribution in [0, 0.1) is 0 Å². The van der Waals surface area contributed by atoms with Gasteiger partial charge in [-0.15, -0.1) is 0 Å². The number of nitrogens with zero attached hydrogens (tertiary/aromatic N) is 1. The third-order valence-corrected chi connectivity index (χ3v) is 3.80. The van der Waals surface area contributed by atoms with E-state index in [0.717, 1.165) is 16.4 Å². The maximum absolute atomic E-state index is 6.22. The van der Waals surface area contributed by atoms with Crippen molar-refractivity contribution in [2.75, 3.05) is 17.7 Å². The second kappa shape index (κ2) is 4.96. The number of para-hydroxylation sites is 1. The Bertz CT molecular complexity index is 339. The fourth-order valence-electron chi connectivity index (χ4n) is 2.56. The molecule has 1 fully saturated rings. The van der Waals surface area contributed by atoms with Gasteiger partial charge in [0.1, 0.15) is 0 Å². The highest BCUT2D eigenvalue weighted by molar-refractivity contribution is 6.34. The highest BCUT2D eigenvalue weighted by Gasteiger charge is 2.21. The maximum atomic E-state index is 6.22. The van der Waals surface area contributed by atoms with Crippen LogP contribution in [0.1, 0.15) is 32.1 Å². The largest absolute Gasteiger partial charge is 0.397 e. The van der Waals surface area contributed by atoms with Gasteiger partial charge in [-0.25, -0.2) is 0 Å². The van der Waals surface area contributed by atoms with Crippen molar-refractivity contribution in [1.82, 2.24) is 0 Å². The average Bonchev–Trinajstić information content (AvgIpc) is 2.30. The van der Waals surface area contributed by atoms with E-state index >= 15 is 0 Å². The Morgan fingerprint density at radius 3 is 2.56 bits per heavy atom. The third-order valence-electron chi connectivity index (χ3n) is 3.49. The van der Waals surface area contributed by atoms with Crippen LogP contribution >= 0.6 is 11.6 Å². The first-order chi connectivity index (χ1) is 7.70. The Balaban J connectivity index is 2.22. The van der Waals surface area contributed by atoms with Crippen LogP contribution in [0.3, 0.4) is 0 Å². The molecule has 1 saturated carbocycles. The first kappa shape index (κ1) is 11.6. The number of nitrogens with two attached hydrogens (primary N) is 1. The molecule has 3 heteroatoms. The van der Waals surface area contributed by atoms with E-state index in [1.807, 2.05) is 18.2 Å². The summed E-state index contributed by atoms with van der Waals surface area (Å²) in [6, 6.07) is 6.32. The fourth-order valence-corrected chi connectivity index (χ4v) is 2.87. The molecule has 0 unspecified atom stereocenters. The van der Waals surface area contributed by atoms with Crippen molar-refractivity contribution in [2.24, 2.45) is 0 Å². The molecule has 2 nitrogen and oxygen atoms in total. The molecule has 0 aromatic heterocycles. The molecule has 0 bridgehead atoms. The van der Waals surface area contributed by atoms with E-state index in [4.69, 9.17) is 17.3 Å². The Labute approximate surface area is 102 Å². The minimum Gasteiger partial charge on any atom is -0.397 e. The average molecular weight is 239 g/mol. The van der Waals surface area contributed by atoms with E-state index in [1.165, 1.54) is 32.1 Å². The molecular weight excluding hydrogens is 220 g/mol. The lowest BCUT2D eigenvalue weighted by molar-refractivity contribution is 0.428. The fraction of sp³-hybridized carbons (Fsp3) is 0.538. The first-order valence-electron chi connectivity index (χ1n) is 5.97. The zero-order chi connectivity index (χ0) is 11.5. The molecule has 0 radical (unpaired) electrons. The summed E-state index contributed by atoms with van der Waals surface area (Å²) < 4.78 is 0. The molecule has 2 rings (SSSR count). The van der Waals surface area contributed by atoms with Crippen LogP contribution in [0.5, 0.6) is 0 Å². The highest BCUT2D eigenvalue weighted by atomic mass is 35.5. The highest BCUT2D eigenvalue weighted by Crippen LogP contribution is 2.35. The zero-order valence-electron chi connectivity index (χ0n) is 9.75. The maximum Gasteiger partial charge on any atom is 0.0789 e. The van der Waals surface area contributed by atoms with Gasteiger partial charge in [0.25, 0.3) is 0 Å². The minimum absolute atomic E-state index is 0.593. The van der Waals surface area contributed by atoms with Gasteiger partial charge in [0.2, 0.25) is 0 Å². The monoisotopic (exact) mass is 238 g/mol. The van der Waals surface area contributed by atoms with Gasteiger partial charge < -0.3 is 10.6 Å². The van der Waals surface area contributed by atoms with E-state index in [1.54, 1.807) is 0 Å². The van der Waals surface area contributed by atoms with Gasteiger partial charge in [-0.2, -0.15) is 0 Å². The lowest BCUT2D eigenvalue weighted by Crippen LogP contribution is -2.34. The number of nitrogen functional groups attached to an aromatic ring is 1. The van der Waals surface area contributed by atoms with Crippen molar-refractivity contribution in [2.45, 2.75) is 38.1 Å². The van der Waals surface area contributed by atoms with Crippen LogP contribution in [-0.4, -0.2) is 13.1 Å². The predicted molar refractivity (Wildman–Crippen MR) is 71.1 cm³/mol. The van der Waals surface area contributed by atoms with E-state index in [0.29, 0.717) is 6.04 Å². The van der Waals surface area contributed by atoms with Gasteiger partial charge >= 0.3 is 0 Å². The van der Waals surface area contributed by atoms with E-state index in [2.05, 4.69) is 11.9 Å². The summed E-state index contributed by atoms with van der Waals surface area (Å²) in [5.41, 5.74) is 7.78. The third kappa shape index (κ3) is 2.27. The van der Waals surface area contributed by atoms with Gasteiger partial charge in [0, 0.05) is 13.1 Å². The van der Waals surface area contributed by atoms with Crippen LogP contribution in [0.4, 0.5) is 11.4 Å². The molecule has 0 aliphatic heterocycles. The van der Waals surface area contributed by atoms with Crippen LogP contribution in [0.25, 0.3) is 0 Å². The van der Waals surface area contributed by atoms with Gasteiger partial charge in [-0.05, 0) is 25.0 Å². The van der Waals surface area contributed by atoms with E-state index < -0.39 is 0 Å². The van der Waals surface area contributed by atoms with Crippen molar-refractivity contribution in [3.8, 4) is 0 Å². The summed E-state index contributed by atoms with van der Waals surface area (Å²) in [5.74, 6) is 0. The van der Waals surface area contributed by atoms with Crippen molar-refractivity contribution in [3.63, 3.8) is 0 Å². The summed E-state index contributed by atoms with van der Waals surface area (Å²) in [6.07, 6.45) is 6.50. The Morgan fingerprint density at radius 1 is 1.25 bits per heavy atom. The van der Waals surface area contributed by atoms with E-state index in [9.17, 15) is 0 Å². The van der Waals surface area contributed by atoms with Gasteiger partial charge in [-0.3, -0.25) is 0 Å². The minimum atomic E-state index is 0.593. The molecule has 0 saturated heterocycles. The number of hydrogen-bond acceptors (Lipinski definition) is 2. The molecule has 1 aromatic carbocycles. The normalized spacial score (nSPS) is 17.4. The molecule has 88 valence electrons. The van der Waals surface area contributed by atoms with Crippen molar-refractivity contribution in [3.05, 3.63) is 23.2 Å². The number of benzene rings is 1. The molecule has 0 atom stereocenters. The lowest BCUT2D eigenvalue weighted by atomic mass is 9.94. The zero-order valence-corrected chi connectivity index (χ0v) is 10.5. The number of hydrogen-bond donors (Lipinski definition) is 1. The SMILES string of the molecule is CN(c1c(N)cccc1Cl)C1CCCCC1. The number of halogens is 1. The summed E-state index contributed by atoms with van der Waals surface area (Å²) in [6.45, 7) is 0. The van der Waals surface area contributed by atoms with Gasteiger partial charge in [0.15, 0.2) is 0 Å². The quantitative estimate of drug-likeness (QED) is 0.797. The smallest absolute Gasteiger partial charge is 0.0789 e. The van der Waals surface area contributed by atoms with Gasteiger partial charge in [0.05, 0.1) is 16.4 Å². The molecule has 16 heavy (non-hydrogen) atoms. The molecule has 2 N–H and O–H groups in total. The Kier molecular flexibility index (Phi) is 3.59. The topological polar surface area (TPSA) is 29.3 Å². The van der Waals surface area contributed by atoms with Crippen molar-refractivity contribution in [1.29, 1.82) is 0 Å². The summed E-state index contributed by atoms with van der Waals surface area (Å²) in [4.78, 5) is 2.26. The Hall–Kier alpha value is -0.890. The first-order valence-corrected chi connectivity index (χ1v) is 6.35. The van der Waals surface area contributed by atoms with Gasteiger partial charge in [-0.1, -0.05) is 36.9 Å². The molecular formula is C13H19ClN2. The second-order valence-corrected chi connectivity index (χ2v) is 4.99. The molecule has 1 aromatic rings. The summed E-state index contributed by atoms with van der Waals surface area (Å²) in [7, 11) is 2.10. The summed E-state index contributed by atoms with van der Waals surface area (Å²) in [5, 5.41) is 0.757. The predicted octanol–water partition coefficient (Wildman–Crippen LogP) is 3.69. The molecule has 0 heterocycles. The number of anilines is 2. The molecule has 1 aliphatic rings. The Morgan fingerprint density at radius 2 is 1.94 bits per heavy atom. The van der Waals surface area contributed by atoms with Crippen molar-refractivity contribution < 1.29 is 0 Å². The standard InChI is InChI=1S/C13H19ClN2/c1-16(10-6-3-2-4-7-10)13-11(14)8-5-9-12(13)15/h5,8-10H,2-4,6-7,15H2,1H3. The lowest BCUT2D eigenvalue weighted by Gasteiger charge is -2.34. The molecule has 0 spiro atoms. The van der Waals surface area contributed by atoms with Crippen LogP contribution in [-0.2, 0) is 0 Å². The number of rotatable bonds is 2. The molecule has 1 aliphatic carbocycles. The van der Waals surface area contributed by atoms with Crippen molar-refractivity contribution >= 4 is 23.0 Å². The van der Waals surface area contributed by atoms with Crippen LogP contribution in [0.15, 0.2) is 18.2 Å². The van der Waals surface area contributed by atoms with Crippen LogP contribution in [0.2, 0.25) is 5.02 Å². The van der Waals surface area contributed by atoms with Crippen LogP contribution < -0.4 is 10.6 Å². The van der Waals surface area contributed by atoms with E-state index in [-0.39, 0.29) is 0 Å². The molecule has 0 amide bonds.